The zero-order valence-corrected chi connectivity index (χ0v) is 13.8. The summed E-state index contributed by atoms with van der Waals surface area (Å²) in [4.78, 5) is 16.4. The van der Waals surface area contributed by atoms with Crippen LogP contribution in [0.25, 0.3) is 0 Å². The Morgan fingerprint density at radius 3 is 2.67 bits per heavy atom. The highest BCUT2D eigenvalue weighted by atomic mass is 32.2. The molecular weight excluding hydrogens is 282 g/mol. The molecule has 1 atom stereocenters. The van der Waals surface area contributed by atoms with Crippen molar-refractivity contribution in [3.05, 3.63) is 22.4 Å². The number of pyridine rings is 1. The number of rotatable bonds is 5. The van der Waals surface area contributed by atoms with Crippen LogP contribution in [0.15, 0.2) is 5.03 Å². The van der Waals surface area contributed by atoms with E-state index in [9.17, 15) is 10.1 Å². The standard InChI is InChI=1S/C16H21N3OS/c1-9-10(2)14(7-17)16(19-11(9)3)21-8-15(20)18-12(4)13-5-6-13/h12-13H,5-6,8H2,1-4H3,(H,18,20). The maximum Gasteiger partial charge on any atom is 0.230 e. The van der Waals surface area contributed by atoms with E-state index in [1.54, 1.807) is 0 Å². The van der Waals surface area contributed by atoms with Gasteiger partial charge in [0.05, 0.1) is 11.3 Å². The maximum atomic E-state index is 12.0. The van der Waals surface area contributed by atoms with Crippen LogP contribution >= 0.6 is 11.8 Å². The number of aromatic nitrogens is 1. The van der Waals surface area contributed by atoms with E-state index in [0.717, 1.165) is 16.8 Å². The third-order valence-corrected chi connectivity index (χ3v) is 5.11. The van der Waals surface area contributed by atoms with Gasteiger partial charge in [-0.2, -0.15) is 5.26 Å². The summed E-state index contributed by atoms with van der Waals surface area (Å²) in [6, 6.07) is 2.46. The first-order chi connectivity index (χ1) is 9.93. The molecule has 1 aromatic rings. The van der Waals surface area contributed by atoms with Crippen LogP contribution in [0.5, 0.6) is 0 Å². The normalized spacial score (nSPS) is 15.4. The Morgan fingerprint density at radius 2 is 2.10 bits per heavy atom. The first kappa shape index (κ1) is 15.8. The molecule has 0 aromatic carbocycles. The van der Waals surface area contributed by atoms with Gasteiger partial charge in [0.15, 0.2) is 0 Å². The monoisotopic (exact) mass is 303 g/mol. The molecule has 0 saturated heterocycles. The van der Waals surface area contributed by atoms with Crippen molar-refractivity contribution in [2.75, 3.05) is 5.75 Å². The van der Waals surface area contributed by atoms with Crippen LogP contribution in [-0.2, 0) is 4.79 Å². The van der Waals surface area contributed by atoms with Crippen LogP contribution in [0.2, 0.25) is 0 Å². The minimum absolute atomic E-state index is 0.0148. The number of hydrogen-bond acceptors (Lipinski definition) is 4. The second-order valence-corrected chi connectivity index (χ2v) is 6.69. The second kappa shape index (κ2) is 6.48. The summed E-state index contributed by atoms with van der Waals surface area (Å²) in [6.45, 7) is 7.89. The zero-order valence-electron chi connectivity index (χ0n) is 13.0. The van der Waals surface area contributed by atoms with Crippen molar-refractivity contribution in [3.63, 3.8) is 0 Å². The molecule has 4 nitrogen and oxygen atoms in total. The lowest BCUT2D eigenvalue weighted by molar-refractivity contribution is -0.119. The molecule has 1 amide bonds. The van der Waals surface area contributed by atoms with Gasteiger partial charge in [0, 0.05) is 11.7 Å². The van der Waals surface area contributed by atoms with Crippen molar-refractivity contribution in [1.82, 2.24) is 10.3 Å². The molecule has 1 aliphatic rings. The topological polar surface area (TPSA) is 65.8 Å². The van der Waals surface area contributed by atoms with E-state index in [2.05, 4.69) is 23.3 Å². The second-order valence-electron chi connectivity index (χ2n) is 5.72. The first-order valence-corrected chi connectivity index (χ1v) is 8.22. The SMILES string of the molecule is Cc1nc(SCC(=O)NC(C)C2CC2)c(C#N)c(C)c1C. The van der Waals surface area contributed by atoms with Crippen LogP contribution in [0, 0.1) is 38.0 Å². The highest BCUT2D eigenvalue weighted by Crippen LogP contribution is 2.32. The van der Waals surface area contributed by atoms with Crippen LogP contribution in [0.1, 0.15) is 42.1 Å². The molecule has 1 aromatic heterocycles. The molecule has 1 saturated carbocycles. The van der Waals surface area contributed by atoms with E-state index in [4.69, 9.17) is 0 Å². The molecule has 0 aliphatic heterocycles. The average molecular weight is 303 g/mol. The Labute approximate surface area is 130 Å². The fraction of sp³-hybridized carbons (Fsp3) is 0.562. The molecule has 1 fully saturated rings. The fourth-order valence-electron chi connectivity index (χ4n) is 2.29. The van der Waals surface area contributed by atoms with Crippen LogP contribution in [0.3, 0.4) is 0 Å². The van der Waals surface area contributed by atoms with E-state index in [1.807, 2.05) is 20.8 Å². The minimum Gasteiger partial charge on any atom is -0.353 e. The number of nitrogens with zero attached hydrogens (tertiary/aromatic N) is 2. The molecule has 5 heteroatoms. The zero-order chi connectivity index (χ0) is 15.6. The quantitative estimate of drug-likeness (QED) is 0.849. The molecular formula is C16H21N3OS. The van der Waals surface area contributed by atoms with Gasteiger partial charge in [0.1, 0.15) is 11.1 Å². The van der Waals surface area contributed by atoms with Crippen molar-refractivity contribution >= 4 is 17.7 Å². The number of nitriles is 1. The van der Waals surface area contributed by atoms with Gasteiger partial charge in [0.25, 0.3) is 0 Å². The number of hydrogen-bond donors (Lipinski definition) is 1. The van der Waals surface area contributed by atoms with Crippen molar-refractivity contribution in [2.45, 2.75) is 51.6 Å². The van der Waals surface area contributed by atoms with Gasteiger partial charge in [-0.3, -0.25) is 4.79 Å². The van der Waals surface area contributed by atoms with Crippen molar-refractivity contribution < 1.29 is 4.79 Å². The Hall–Kier alpha value is -1.54. The maximum absolute atomic E-state index is 12.0. The Bertz CT molecular complexity index is 603. The highest BCUT2D eigenvalue weighted by Gasteiger charge is 2.28. The third kappa shape index (κ3) is 3.76. The lowest BCUT2D eigenvalue weighted by atomic mass is 10.1. The van der Waals surface area contributed by atoms with Gasteiger partial charge in [-0.1, -0.05) is 11.8 Å². The van der Waals surface area contributed by atoms with Crippen molar-refractivity contribution in [2.24, 2.45) is 5.92 Å². The van der Waals surface area contributed by atoms with E-state index >= 15 is 0 Å². The Balaban J connectivity index is 2.02. The molecule has 2 rings (SSSR count). The Morgan fingerprint density at radius 1 is 1.43 bits per heavy atom. The summed E-state index contributed by atoms with van der Waals surface area (Å²) >= 11 is 1.35. The molecule has 112 valence electrons. The van der Waals surface area contributed by atoms with Crippen LogP contribution < -0.4 is 5.32 Å². The largest absolute Gasteiger partial charge is 0.353 e. The summed E-state index contributed by atoms with van der Waals surface area (Å²) in [6.07, 6.45) is 2.43. The molecule has 1 unspecified atom stereocenters. The van der Waals surface area contributed by atoms with Crippen molar-refractivity contribution in [1.29, 1.82) is 5.26 Å². The van der Waals surface area contributed by atoms with Gasteiger partial charge in [-0.15, -0.1) is 0 Å². The Kier molecular flexibility index (Phi) is 4.89. The smallest absolute Gasteiger partial charge is 0.230 e. The molecule has 0 bridgehead atoms. The van der Waals surface area contributed by atoms with Gasteiger partial charge < -0.3 is 5.32 Å². The number of aryl methyl sites for hydroxylation is 1. The summed E-state index contributed by atoms with van der Waals surface area (Å²) in [7, 11) is 0. The molecule has 1 heterocycles. The van der Waals surface area contributed by atoms with Crippen LogP contribution in [-0.4, -0.2) is 22.7 Å². The van der Waals surface area contributed by atoms with E-state index in [0.29, 0.717) is 22.3 Å². The number of amides is 1. The first-order valence-electron chi connectivity index (χ1n) is 7.24. The molecule has 21 heavy (non-hydrogen) atoms. The minimum atomic E-state index is 0.0148. The lowest BCUT2D eigenvalue weighted by Crippen LogP contribution is -2.35. The average Bonchev–Trinajstić information content (AvgIpc) is 3.27. The molecule has 1 N–H and O–H groups in total. The number of carbonyl (C=O) groups is 1. The summed E-state index contributed by atoms with van der Waals surface area (Å²) < 4.78 is 0. The summed E-state index contributed by atoms with van der Waals surface area (Å²) in [5.41, 5.74) is 3.51. The predicted octanol–water partition coefficient (Wildman–Crippen LogP) is 2.89. The third-order valence-electron chi connectivity index (χ3n) is 4.13. The predicted molar refractivity (Wildman–Crippen MR) is 84.2 cm³/mol. The summed E-state index contributed by atoms with van der Waals surface area (Å²) in [5, 5.41) is 13.0. The molecule has 0 radical (unpaired) electrons. The van der Waals surface area contributed by atoms with Crippen LogP contribution in [0.4, 0.5) is 0 Å². The highest BCUT2D eigenvalue weighted by molar-refractivity contribution is 8.00. The number of nitrogens with one attached hydrogen (secondary N) is 1. The van der Waals surface area contributed by atoms with E-state index in [1.165, 1.54) is 24.6 Å². The number of carbonyl (C=O) groups excluding carboxylic acids is 1. The molecule has 1 aliphatic carbocycles. The van der Waals surface area contributed by atoms with Gasteiger partial charge in [-0.05, 0) is 57.6 Å². The lowest BCUT2D eigenvalue weighted by Gasteiger charge is -2.13. The fourth-order valence-corrected chi connectivity index (χ4v) is 3.19. The van der Waals surface area contributed by atoms with Crippen molar-refractivity contribution in [3.8, 4) is 6.07 Å². The summed E-state index contributed by atoms with van der Waals surface area (Å²) in [5.74, 6) is 0.970. The number of thioether (sulfide) groups is 1. The van der Waals surface area contributed by atoms with Gasteiger partial charge in [-0.25, -0.2) is 4.98 Å². The van der Waals surface area contributed by atoms with Gasteiger partial charge >= 0.3 is 0 Å². The van der Waals surface area contributed by atoms with Gasteiger partial charge in [0.2, 0.25) is 5.91 Å². The van der Waals surface area contributed by atoms with E-state index < -0.39 is 0 Å². The molecule has 0 spiro atoms. The van der Waals surface area contributed by atoms with E-state index in [-0.39, 0.29) is 11.9 Å².